The zero-order chi connectivity index (χ0) is 14.5. The lowest BCUT2D eigenvalue weighted by molar-refractivity contribution is 0.408. The van der Waals surface area contributed by atoms with Gasteiger partial charge < -0.3 is 10.1 Å². The van der Waals surface area contributed by atoms with Crippen molar-refractivity contribution in [1.82, 2.24) is 5.32 Å². The molecule has 0 radical (unpaired) electrons. The Labute approximate surface area is 123 Å². The van der Waals surface area contributed by atoms with E-state index < -0.39 is 5.82 Å². The fourth-order valence-corrected chi connectivity index (χ4v) is 2.21. The first-order chi connectivity index (χ1) is 9.65. The quantitative estimate of drug-likeness (QED) is 0.889. The average Bonchev–Trinajstić information content (AvgIpc) is 2.47. The van der Waals surface area contributed by atoms with Crippen LogP contribution in [0.15, 0.2) is 36.4 Å². The molecule has 2 rings (SSSR count). The van der Waals surface area contributed by atoms with Crippen LogP contribution in [0.2, 0.25) is 5.02 Å². The van der Waals surface area contributed by atoms with Gasteiger partial charge >= 0.3 is 0 Å². The van der Waals surface area contributed by atoms with Gasteiger partial charge in [0.05, 0.1) is 12.1 Å². The number of ether oxygens (including phenoxy) is 1. The zero-order valence-electron chi connectivity index (χ0n) is 11.5. The summed E-state index contributed by atoms with van der Waals surface area (Å²) in [4.78, 5) is 0. The van der Waals surface area contributed by atoms with Gasteiger partial charge in [0.15, 0.2) is 0 Å². The number of nitrogens with one attached hydrogen (secondary N) is 1. The Bertz CT molecular complexity index is 601. The lowest BCUT2D eigenvalue weighted by atomic mass is 10.0. The number of rotatable bonds is 5. The summed E-state index contributed by atoms with van der Waals surface area (Å²) in [6.07, 6.45) is 0. The molecule has 4 heteroatoms. The largest absolute Gasteiger partial charge is 0.496 e. The Balaban J connectivity index is 2.38. The second kappa shape index (κ2) is 6.73. The molecule has 0 saturated heterocycles. The first-order valence-electron chi connectivity index (χ1n) is 6.48. The molecule has 0 aliphatic heterocycles. The third-order valence-corrected chi connectivity index (χ3v) is 3.39. The summed E-state index contributed by atoms with van der Waals surface area (Å²) in [5.41, 5.74) is 2.93. The molecule has 2 aromatic rings. The van der Waals surface area contributed by atoms with Crippen LogP contribution in [0, 0.1) is 5.82 Å². The Kier molecular flexibility index (Phi) is 4.99. The molecule has 0 amide bonds. The standard InChI is InChI=1S/C16H17ClFNO/c1-3-19-10-13-8-11(5-7-16(13)20-2)12-4-6-15(18)14(17)9-12/h4-9,19H,3,10H2,1-2H3. The van der Waals surface area contributed by atoms with E-state index in [0.29, 0.717) is 0 Å². The van der Waals surface area contributed by atoms with Gasteiger partial charge in [-0.1, -0.05) is 30.7 Å². The molecule has 2 aromatic carbocycles. The van der Waals surface area contributed by atoms with E-state index in [1.807, 2.05) is 18.2 Å². The van der Waals surface area contributed by atoms with Gasteiger partial charge in [0.1, 0.15) is 11.6 Å². The summed E-state index contributed by atoms with van der Waals surface area (Å²) in [7, 11) is 1.65. The highest BCUT2D eigenvalue weighted by molar-refractivity contribution is 6.31. The zero-order valence-corrected chi connectivity index (χ0v) is 12.3. The van der Waals surface area contributed by atoms with Crippen molar-refractivity contribution in [3.63, 3.8) is 0 Å². The Morgan fingerprint density at radius 1 is 1.15 bits per heavy atom. The van der Waals surface area contributed by atoms with Crippen LogP contribution in [-0.4, -0.2) is 13.7 Å². The second-order valence-corrected chi connectivity index (χ2v) is 4.84. The molecule has 0 aliphatic carbocycles. The molecule has 0 aromatic heterocycles. The summed E-state index contributed by atoms with van der Waals surface area (Å²) in [6, 6.07) is 10.6. The number of hydrogen-bond donors (Lipinski definition) is 1. The van der Waals surface area contributed by atoms with Gasteiger partial charge in [0.2, 0.25) is 0 Å². The SMILES string of the molecule is CCNCc1cc(-c2ccc(F)c(Cl)c2)ccc1OC. The van der Waals surface area contributed by atoms with E-state index in [0.717, 1.165) is 35.5 Å². The monoisotopic (exact) mass is 293 g/mol. The van der Waals surface area contributed by atoms with Crippen LogP contribution in [0.1, 0.15) is 12.5 Å². The summed E-state index contributed by atoms with van der Waals surface area (Å²) < 4.78 is 18.6. The number of halogens is 2. The van der Waals surface area contributed by atoms with Crippen LogP contribution in [-0.2, 0) is 6.54 Å². The van der Waals surface area contributed by atoms with Crippen LogP contribution in [0.4, 0.5) is 4.39 Å². The van der Waals surface area contributed by atoms with Crippen molar-refractivity contribution in [1.29, 1.82) is 0 Å². The molecule has 0 heterocycles. The third kappa shape index (κ3) is 3.30. The van der Waals surface area contributed by atoms with Crippen LogP contribution in [0.5, 0.6) is 5.75 Å². The van der Waals surface area contributed by atoms with E-state index in [9.17, 15) is 4.39 Å². The molecule has 0 aliphatic rings. The highest BCUT2D eigenvalue weighted by Gasteiger charge is 2.07. The first kappa shape index (κ1) is 14.8. The topological polar surface area (TPSA) is 21.3 Å². The van der Waals surface area contributed by atoms with Gasteiger partial charge in [0, 0.05) is 12.1 Å². The number of methoxy groups -OCH3 is 1. The number of hydrogen-bond acceptors (Lipinski definition) is 2. The lowest BCUT2D eigenvalue weighted by Gasteiger charge is -2.11. The van der Waals surface area contributed by atoms with Crippen LogP contribution < -0.4 is 10.1 Å². The van der Waals surface area contributed by atoms with E-state index in [4.69, 9.17) is 16.3 Å². The van der Waals surface area contributed by atoms with Crippen LogP contribution in [0.3, 0.4) is 0 Å². The van der Waals surface area contributed by atoms with Gasteiger partial charge in [-0.3, -0.25) is 0 Å². The van der Waals surface area contributed by atoms with Gasteiger partial charge in [-0.15, -0.1) is 0 Å². The molecule has 1 N–H and O–H groups in total. The lowest BCUT2D eigenvalue weighted by Crippen LogP contribution is -2.12. The average molecular weight is 294 g/mol. The van der Waals surface area contributed by atoms with Gasteiger partial charge in [-0.05, 0) is 41.9 Å². The van der Waals surface area contributed by atoms with Crippen LogP contribution in [0.25, 0.3) is 11.1 Å². The smallest absolute Gasteiger partial charge is 0.141 e. The first-order valence-corrected chi connectivity index (χ1v) is 6.86. The maximum absolute atomic E-state index is 13.2. The van der Waals surface area contributed by atoms with E-state index in [1.165, 1.54) is 6.07 Å². The van der Waals surface area contributed by atoms with Crippen molar-refractivity contribution in [2.75, 3.05) is 13.7 Å². The summed E-state index contributed by atoms with van der Waals surface area (Å²) in [5.74, 6) is 0.430. The summed E-state index contributed by atoms with van der Waals surface area (Å²) in [6.45, 7) is 3.66. The van der Waals surface area contributed by atoms with E-state index in [1.54, 1.807) is 19.2 Å². The fraction of sp³-hybridized carbons (Fsp3) is 0.250. The number of benzene rings is 2. The molecule has 0 spiro atoms. The molecule has 20 heavy (non-hydrogen) atoms. The Hall–Kier alpha value is -1.58. The van der Waals surface area contributed by atoms with Crippen molar-refractivity contribution < 1.29 is 9.13 Å². The second-order valence-electron chi connectivity index (χ2n) is 4.44. The normalized spacial score (nSPS) is 10.6. The van der Waals surface area contributed by atoms with Crippen molar-refractivity contribution in [3.8, 4) is 16.9 Å². The molecule has 0 atom stereocenters. The summed E-state index contributed by atoms with van der Waals surface area (Å²) in [5, 5.41) is 3.40. The van der Waals surface area contributed by atoms with Gasteiger partial charge in [-0.25, -0.2) is 4.39 Å². The Morgan fingerprint density at radius 3 is 2.50 bits per heavy atom. The molecule has 106 valence electrons. The highest BCUT2D eigenvalue weighted by atomic mass is 35.5. The minimum Gasteiger partial charge on any atom is -0.496 e. The maximum atomic E-state index is 13.2. The van der Waals surface area contributed by atoms with E-state index in [2.05, 4.69) is 12.2 Å². The minimum atomic E-state index is -0.406. The minimum absolute atomic E-state index is 0.131. The van der Waals surface area contributed by atoms with Gasteiger partial charge in [-0.2, -0.15) is 0 Å². The predicted molar refractivity (Wildman–Crippen MR) is 80.8 cm³/mol. The molecule has 0 bridgehead atoms. The van der Waals surface area contributed by atoms with Crippen LogP contribution >= 0.6 is 11.6 Å². The predicted octanol–water partition coefficient (Wildman–Crippen LogP) is 4.26. The van der Waals surface area contributed by atoms with E-state index >= 15 is 0 Å². The van der Waals surface area contributed by atoms with Crippen molar-refractivity contribution in [2.24, 2.45) is 0 Å². The maximum Gasteiger partial charge on any atom is 0.141 e. The Morgan fingerprint density at radius 2 is 1.85 bits per heavy atom. The molecular weight excluding hydrogens is 277 g/mol. The highest BCUT2D eigenvalue weighted by Crippen LogP contribution is 2.29. The van der Waals surface area contributed by atoms with Crippen molar-refractivity contribution in [2.45, 2.75) is 13.5 Å². The van der Waals surface area contributed by atoms with Gasteiger partial charge in [0.25, 0.3) is 0 Å². The molecule has 0 fully saturated rings. The fourth-order valence-electron chi connectivity index (χ4n) is 2.03. The molecule has 2 nitrogen and oxygen atoms in total. The molecule has 0 saturated carbocycles. The van der Waals surface area contributed by atoms with Crippen molar-refractivity contribution >= 4 is 11.6 Å². The third-order valence-electron chi connectivity index (χ3n) is 3.10. The van der Waals surface area contributed by atoms with Crippen molar-refractivity contribution in [3.05, 3.63) is 52.8 Å². The molecular formula is C16H17ClFNO. The molecule has 0 unspecified atom stereocenters. The summed E-state index contributed by atoms with van der Waals surface area (Å²) >= 11 is 5.83. The van der Waals surface area contributed by atoms with E-state index in [-0.39, 0.29) is 5.02 Å².